The number of para-hydroxylation sites is 2. The minimum atomic E-state index is 0.870. The van der Waals surface area contributed by atoms with Crippen LogP contribution in [0.15, 0.2) is 103 Å². The highest BCUT2D eigenvalue weighted by molar-refractivity contribution is 6.12. The van der Waals surface area contributed by atoms with Crippen LogP contribution in [0.25, 0.3) is 32.9 Å². The van der Waals surface area contributed by atoms with E-state index in [0.29, 0.717) is 0 Å². The molecule has 0 aliphatic heterocycles. The Kier molecular flexibility index (Phi) is 3.57. The van der Waals surface area contributed by atoms with Crippen LogP contribution in [0.5, 0.6) is 0 Å². The van der Waals surface area contributed by atoms with E-state index in [2.05, 4.69) is 108 Å². The lowest BCUT2D eigenvalue weighted by Crippen LogP contribution is -2.00. The van der Waals surface area contributed by atoms with E-state index in [1.807, 2.05) is 0 Å². The lowest BCUT2D eigenvalue weighted by atomic mass is 10.0. The molecule has 4 aromatic carbocycles. The van der Waals surface area contributed by atoms with Crippen molar-refractivity contribution in [1.29, 1.82) is 0 Å². The fraction of sp³-hybridized carbons (Fsp3) is 0.0400. The van der Waals surface area contributed by atoms with Crippen LogP contribution >= 0.6 is 0 Å². The molecule has 0 saturated carbocycles. The molecule has 1 heterocycles. The zero-order valence-corrected chi connectivity index (χ0v) is 14.5. The second-order valence-corrected chi connectivity index (χ2v) is 6.66. The van der Waals surface area contributed by atoms with Gasteiger partial charge >= 0.3 is 0 Å². The Bertz CT molecular complexity index is 1180. The number of nitrogens with zero attached hydrogens (tertiary/aromatic N) is 1. The predicted molar refractivity (Wildman–Crippen MR) is 110 cm³/mol. The van der Waals surface area contributed by atoms with Gasteiger partial charge in [-0.25, -0.2) is 0 Å². The lowest BCUT2D eigenvalue weighted by Gasteiger charge is -2.11. The van der Waals surface area contributed by atoms with Gasteiger partial charge in [0.05, 0.1) is 5.52 Å². The molecule has 1 nitrogen and oxygen atoms in total. The molecule has 0 amide bonds. The van der Waals surface area contributed by atoms with Gasteiger partial charge in [0.25, 0.3) is 0 Å². The van der Waals surface area contributed by atoms with Crippen molar-refractivity contribution >= 4 is 21.8 Å². The summed E-state index contributed by atoms with van der Waals surface area (Å²) in [6.07, 6.45) is 0. The average molecular weight is 333 g/mol. The van der Waals surface area contributed by atoms with Crippen LogP contribution in [0, 0.1) is 0 Å². The highest BCUT2D eigenvalue weighted by Gasteiger charge is 2.14. The summed E-state index contributed by atoms with van der Waals surface area (Å²) in [5.41, 5.74) is 6.46. The smallest absolute Gasteiger partial charge is 0.0574 e. The monoisotopic (exact) mass is 333 g/mol. The second kappa shape index (κ2) is 6.20. The number of rotatable bonds is 3. The van der Waals surface area contributed by atoms with Crippen molar-refractivity contribution in [3.63, 3.8) is 0 Å². The van der Waals surface area contributed by atoms with Crippen molar-refractivity contribution in [3.05, 3.63) is 109 Å². The summed E-state index contributed by atoms with van der Waals surface area (Å²) in [6, 6.07) is 36.7. The first-order chi connectivity index (χ1) is 12.9. The van der Waals surface area contributed by atoms with Crippen LogP contribution in [0.1, 0.15) is 5.56 Å². The fourth-order valence-electron chi connectivity index (χ4n) is 3.89. The molecule has 0 radical (unpaired) electrons. The molecule has 5 aromatic rings. The molecule has 0 N–H and O–H groups in total. The van der Waals surface area contributed by atoms with Crippen LogP contribution in [0.4, 0.5) is 0 Å². The first-order valence-electron chi connectivity index (χ1n) is 9.01. The van der Waals surface area contributed by atoms with E-state index in [1.54, 1.807) is 0 Å². The summed E-state index contributed by atoms with van der Waals surface area (Å²) in [6.45, 7) is 0.870. The summed E-state index contributed by atoms with van der Waals surface area (Å²) in [4.78, 5) is 0. The molecule has 0 aliphatic carbocycles. The van der Waals surface area contributed by atoms with Crippen molar-refractivity contribution in [2.45, 2.75) is 6.54 Å². The van der Waals surface area contributed by atoms with E-state index in [9.17, 15) is 0 Å². The summed E-state index contributed by atoms with van der Waals surface area (Å²) in [5, 5.41) is 2.63. The number of aromatic nitrogens is 1. The molecule has 0 fully saturated rings. The largest absolute Gasteiger partial charge is 0.335 e. The van der Waals surface area contributed by atoms with Crippen molar-refractivity contribution in [2.24, 2.45) is 0 Å². The normalized spacial score (nSPS) is 11.2. The molecule has 0 bridgehead atoms. The third kappa shape index (κ3) is 2.41. The molecule has 1 aromatic heterocycles. The standard InChI is InChI=1S/C25H19N/c1-3-10-19(11-4-1)18-26-24-17-8-7-14-22(24)23-16-9-15-21(25(23)26)20-12-5-2-6-13-20/h1-17H,18H2. The van der Waals surface area contributed by atoms with Crippen molar-refractivity contribution in [2.75, 3.05) is 0 Å². The van der Waals surface area contributed by atoms with E-state index in [0.717, 1.165) is 6.54 Å². The Morgan fingerprint density at radius 3 is 2.00 bits per heavy atom. The van der Waals surface area contributed by atoms with Gasteiger partial charge in [-0.2, -0.15) is 0 Å². The summed E-state index contributed by atoms with van der Waals surface area (Å²) in [7, 11) is 0. The second-order valence-electron chi connectivity index (χ2n) is 6.66. The van der Waals surface area contributed by atoms with Crippen LogP contribution in [-0.4, -0.2) is 4.57 Å². The van der Waals surface area contributed by atoms with E-state index in [4.69, 9.17) is 0 Å². The maximum absolute atomic E-state index is 2.46. The molecule has 0 spiro atoms. The van der Waals surface area contributed by atoms with Gasteiger partial charge in [0.1, 0.15) is 0 Å². The van der Waals surface area contributed by atoms with Gasteiger partial charge in [-0.3, -0.25) is 0 Å². The molecular formula is C25H19N. The molecule has 26 heavy (non-hydrogen) atoms. The van der Waals surface area contributed by atoms with Gasteiger partial charge < -0.3 is 4.57 Å². The first kappa shape index (κ1) is 15.0. The number of hydrogen-bond acceptors (Lipinski definition) is 0. The molecular weight excluding hydrogens is 314 g/mol. The number of hydrogen-bond donors (Lipinski definition) is 0. The average Bonchev–Trinajstić information content (AvgIpc) is 3.04. The highest BCUT2D eigenvalue weighted by atomic mass is 15.0. The van der Waals surface area contributed by atoms with Crippen molar-refractivity contribution in [3.8, 4) is 11.1 Å². The minimum Gasteiger partial charge on any atom is -0.335 e. The Morgan fingerprint density at radius 2 is 1.19 bits per heavy atom. The van der Waals surface area contributed by atoms with Crippen LogP contribution in [0.2, 0.25) is 0 Å². The topological polar surface area (TPSA) is 4.93 Å². The van der Waals surface area contributed by atoms with E-state index in [-0.39, 0.29) is 0 Å². The van der Waals surface area contributed by atoms with Crippen LogP contribution in [-0.2, 0) is 6.54 Å². The van der Waals surface area contributed by atoms with E-state index >= 15 is 0 Å². The number of benzene rings is 4. The Morgan fingerprint density at radius 1 is 0.538 bits per heavy atom. The molecule has 1 heteroatoms. The van der Waals surface area contributed by atoms with Crippen molar-refractivity contribution < 1.29 is 0 Å². The molecule has 0 unspecified atom stereocenters. The Balaban J connectivity index is 1.85. The third-order valence-electron chi connectivity index (χ3n) is 5.06. The fourth-order valence-corrected chi connectivity index (χ4v) is 3.89. The minimum absolute atomic E-state index is 0.870. The maximum atomic E-state index is 2.46. The zero-order valence-electron chi connectivity index (χ0n) is 14.5. The summed E-state index contributed by atoms with van der Waals surface area (Å²) in [5.74, 6) is 0. The first-order valence-corrected chi connectivity index (χ1v) is 9.01. The Hall–Kier alpha value is -3.32. The lowest BCUT2D eigenvalue weighted by molar-refractivity contribution is 0.870. The summed E-state index contributed by atoms with van der Waals surface area (Å²) < 4.78 is 2.46. The molecule has 5 rings (SSSR count). The molecule has 124 valence electrons. The highest BCUT2D eigenvalue weighted by Crippen LogP contribution is 2.36. The zero-order chi connectivity index (χ0) is 17.3. The summed E-state index contributed by atoms with van der Waals surface area (Å²) >= 11 is 0. The van der Waals surface area contributed by atoms with Gasteiger partial charge in [0.15, 0.2) is 0 Å². The maximum Gasteiger partial charge on any atom is 0.0574 e. The quantitative estimate of drug-likeness (QED) is 0.355. The molecule has 0 aliphatic rings. The van der Waals surface area contributed by atoms with Gasteiger partial charge in [-0.05, 0) is 17.2 Å². The predicted octanol–water partition coefficient (Wildman–Crippen LogP) is 6.51. The third-order valence-corrected chi connectivity index (χ3v) is 5.06. The SMILES string of the molecule is c1ccc(Cn2c3ccccc3c3cccc(-c4ccccc4)c32)cc1. The Labute approximate surface area is 153 Å². The van der Waals surface area contributed by atoms with Gasteiger partial charge in [0.2, 0.25) is 0 Å². The van der Waals surface area contributed by atoms with E-state index in [1.165, 1.54) is 38.5 Å². The van der Waals surface area contributed by atoms with Gasteiger partial charge in [-0.1, -0.05) is 97.1 Å². The van der Waals surface area contributed by atoms with Crippen LogP contribution < -0.4 is 0 Å². The molecule has 0 saturated heterocycles. The number of fused-ring (bicyclic) bond motifs is 3. The van der Waals surface area contributed by atoms with E-state index < -0.39 is 0 Å². The molecule has 0 atom stereocenters. The van der Waals surface area contributed by atoms with Crippen molar-refractivity contribution in [1.82, 2.24) is 4.57 Å². The van der Waals surface area contributed by atoms with Crippen LogP contribution in [0.3, 0.4) is 0 Å². The van der Waals surface area contributed by atoms with Gasteiger partial charge in [0, 0.05) is 28.4 Å². The van der Waals surface area contributed by atoms with Gasteiger partial charge in [-0.15, -0.1) is 0 Å².